The highest BCUT2D eigenvalue weighted by atomic mass is 79.9. The monoisotopic (exact) mass is 433 g/mol. The third-order valence-electron chi connectivity index (χ3n) is 3.78. The number of ether oxygens (including phenoxy) is 2. The number of hydrogen-bond acceptors (Lipinski definition) is 4. The van der Waals surface area contributed by atoms with Crippen LogP contribution in [0.1, 0.15) is 11.1 Å². The van der Waals surface area contributed by atoms with Gasteiger partial charge in [-0.05, 0) is 45.3 Å². The number of amides is 1. The smallest absolute Gasteiger partial charge is 0.326 e. The lowest BCUT2D eigenvalue weighted by Crippen LogP contribution is -2.41. The summed E-state index contributed by atoms with van der Waals surface area (Å²) in [7, 11) is 3.05. The van der Waals surface area contributed by atoms with Crippen molar-refractivity contribution < 1.29 is 24.2 Å². The second-order valence-corrected chi connectivity index (χ2v) is 6.52. The average Bonchev–Trinajstić information content (AvgIpc) is 2.66. The fourth-order valence-electron chi connectivity index (χ4n) is 2.48. The van der Waals surface area contributed by atoms with E-state index in [1.165, 1.54) is 20.3 Å². The number of aliphatic carboxylic acids is 1. The van der Waals surface area contributed by atoms with Crippen LogP contribution in [-0.2, 0) is 16.0 Å². The summed E-state index contributed by atoms with van der Waals surface area (Å²) in [5, 5.41) is 11.9. The number of rotatable bonds is 8. The van der Waals surface area contributed by atoms with E-state index in [1.807, 2.05) is 30.3 Å². The summed E-state index contributed by atoms with van der Waals surface area (Å²) < 4.78 is 11.2. The van der Waals surface area contributed by atoms with Gasteiger partial charge < -0.3 is 19.9 Å². The maximum Gasteiger partial charge on any atom is 0.326 e. The number of carboxylic acid groups (broad SMARTS) is 1. The first-order valence-corrected chi connectivity index (χ1v) is 8.90. The van der Waals surface area contributed by atoms with E-state index in [-0.39, 0.29) is 6.42 Å². The van der Waals surface area contributed by atoms with Crippen molar-refractivity contribution in [3.63, 3.8) is 0 Å². The summed E-state index contributed by atoms with van der Waals surface area (Å²) in [4.78, 5) is 23.6. The molecule has 27 heavy (non-hydrogen) atoms. The van der Waals surface area contributed by atoms with Crippen LogP contribution < -0.4 is 14.8 Å². The van der Waals surface area contributed by atoms with Gasteiger partial charge in [0.1, 0.15) is 6.04 Å². The van der Waals surface area contributed by atoms with E-state index in [9.17, 15) is 14.7 Å². The molecule has 0 saturated carbocycles. The number of halogens is 1. The van der Waals surface area contributed by atoms with Gasteiger partial charge in [-0.15, -0.1) is 0 Å². The summed E-state index contributed by atoms with van der Waals surface area (Å²) in [6, 6.07) is 11.6. The van der Waals surface area contributed by atoms with Gasteiger partial charge in [0.05, 0.1) is 18.7 Å². The van der Waals surface area contributed by atoms with Crippen LogP contribution in [0.15, 0.2) is 53.0 Å². The maximum atomic E-state index is 12.2. The quantitative estimate of drug-likeness (QED) is 0.623. The maximum absolute atomic E-state index is 12.2. The molecule has 0 fully saturated rings. The van der Waals surface area contributed by atoms with Gasteiger partial charge in [0, 0.05) is 12.5 Å². The third kappa shape index (κ3) is 5.86. The highest BCUT2D eigenvalue weighted by Gasteiger charge is 2.19. The van der Waals surface area contributed by atoms with Crippen molar-refractivity contribution in [2.24, 2.45) is 0 Å². The lowest BCUT2D eigenvalue weighted by Gasteiger charge is -2.13. The molecule has 142 valence electrons. The minimum Gasteiger partial charge on any atom is -0.493 e. The minimum absolute atomic E-state index is 0.206. The lowest BCUT2D eigenvalue weighted by molar-refractivity contribution is -0.141. The van der Waals surface area contributed by atoms with Crippen molar-refractivity contribution in [1.82, 2.24) is 5.32 Å². The zero-order valence-corrected chi connectivity index (χ0v) is 16.5. The van der Waals surface area contributed by atoms with E-state index in [4.69, 9.17) is 9.47 Å². The van der Waals surface area contributed by atoms with Gasteiger partial charge in [-0.1, -0.05) is 30.3 Å². The number of methoxy groups -OCH3 is 2. The summed E-state index contributed by atoms with van der Waals surface area (Å²) >= 11 is 3.39. The summed E-state index contributed by atoms with van der Waals surface area (Å²) in [5.74, 6) is -0.522. The first-order valence-electron chi connectivity index (χ1n) is 8.11. The zero-order valence-electron chi connectivity index (χ0n) is 14.9. The molecule has 0 bridgehead atoms. The van der Waals surface area contributed by atoms with Gasteiger partial charge in [0.2, 0.25) is 5.91 Å². The van der Waals surface area contributed by atoms with Crippen LogP contribution in [0.3, 0.4) is 0 Å². The second kappa shape index (κ2) is 9.78. The summed E-state index contributed by atoms with van der Waals surface area (Å²) in [6.45, 7) is 0. The molecule has 0 heterocycles. The first-order chi connectivity index (χ1) is 12.9. The molecule has 2 rings (SSSR count). The molecule has 0 aromatic heterocycles. The molecular formula is C20H20BrNO5. The molecule has 2 aromatic carbocycles. The minimum atomic E-state index is -1.09. The van der Waals surface area contributed by atoms with Gasteiger partial charge in [0.15, 0.2) is 11.5 Å². The predicted molar refractivity (Wildman–Crippen MR) is 106 cm³/mol. The van der Waals surface area contributed by atoms with Crippen LogP contribution in [0.4, 0.5) is 0 Å². The first kappa shape index (κ1) is 20.5. The topological polar surface area (TPSA) is 84.9 Å². The molecule has 1 atom stereocenters. The number of benzene rings is 2. The Labute approximate surface area is 165 Å². The van der Waals surface area contributed by atoms with Gasteiger partial charge >= 0.3 is 5.97 Å². The number of nitrogens with one attached hydrogen (secondary N) is 1. The van der Waals surface area contributed by atoms with E-state index in [0.717, 1.165) is 5.56 Å². The zero-order chi connectivity index (χ0) is 19.8. The molecular weight excluding hydrogens is 414 g/mol. The molecule has 6 nitrogen and oxygen atoms in total. The summed E-state index contributed by atoms with van der Waals surface area (Å²) in [6.07, 6.45) is 3.07. The van der Waals surface area contributed by atoms with Crippen molar-refractivity contribution in [3.8, 4) is 11.5 Å². The van der Waals surface area contributed by atoms with Crippen molar-refractivity contribution in [2.45, 2.75) is 12.5 Å². The predicted octanol–water partition coefficient (Wildman–Crippen LogP) is 3.29. The number of carboxylic acids is 1. The van der Waals surface area contributed by atoms with Gasteiger partial charge in [0.25, 0.3) is 0 Å². The van der Waals surface area contributed by atoms with E-state index >= 15 is 0 Å². The highest BCUT2D eigenvalue weighted by molar-refractivity contribution is 9.10. The summed E-state index contributed by atoms with van der Waals surface area (Å²) in [5.41, 5.74) is 1.53. The fourth-order valence-corrected chi connectivity index (χ4v) is 3.10. The Morgan fingerprint density at radius 1 is 1.19 bits per heavy atom. The Balaban J connectivity index is 2.09. The van der Waals surface area contributed by atoms with E-state index in [1.54, 1.807) is 18.2 Å². The lowest BCUT2D eigenvalue weighted by atomic mass is 10.1. The van der Waals surface area contributed by atoms with E-state index in [2.05, 4.69) is 21.2 Å². The molecule has 2 N–H and O–H groups in total. The van der Waals surface area contributed by atoms with Gasteiger partial charge in [-0.3, -0.25) is 4.79 Å². The Morgan fingerprint density at radius 2 is 1.89 bits per heavy atom. The molecule has 1 amide bonds. The van der Waals surface area contributed by atoms with Crippen LogP contribution in [0.5, 0.6) is 11.5 Å². The Bertz CT molecular complexity index is 836. The normalized spacial score (nSPS) is 11.8. The van der Waals surface area contributed by atoms with Crippen molar-refractivity contribution in [3.05, 3.63) is 64.1 Å². The molecule has 0 radical (unpaired) electrons. The Kier molecular flexibility index (Phi) is 7.43. The van der Waals surface area contributed by atoms with Crippen molar-refractivity contribution in [2.75, 3.05) is 14.2 Å². The molecule has 2 aromatic rings. The highest BCUT2D eigenvalue weighted by Crippen LogP contribution is 2.36. The van der Waals surface area contributed by atoms with Crippen molar-refractivity contribution >= 4 is 33.9 Å². The SMILES string of the molecule is COc1cc(/C=C/C(=O)NC(Cc2ccccc2)C(=O)O)cc(Br)c1OC. The van der Waals surface area contributed by atoms with Crippen LogP contribution >= 0.6 is 15.9 Å². The van der Waals surface area contributed by atoms with Gasteiger partial charge in [-0.25, -0.2) is 4.79 Å². The third-order valence-corrected chi connectivity index (χ3v) is 4.37. The van der Waals surface area contributed by atoms with Crippen molar-refractivity contribution in [1.29, 1.82) is 0 Å². The molecule has 0 aliphatic carbocycles. The Hall–Kier alpha value is -2.80. The molecule has 1 unspecified atom stereocenters. The molecule has 7 heteroatoms. The Morgan fingerprint density at radius 3 is 2.48 bits per heavy atom. The average molecular weight is 434 g/mol. The number of carbonyl (C=O) groups is 2. The van der Waals surface area contributed by atoms with Crippen LogP contribution in [0, 0.1) is 0 Å². The van der Waals surface area contributed by atoms with Crippen LogP contribution in [-0.4, -0.2) is 37.2 Å². The molecule has 0 aliphatic heterocycles. The van der Waals surface area contributed by atoms with Crippen LogP contribution in [0.2, 0.25) is 0 Å². The molecule has 0 spiro atoms. The molecule has 0 saturated heterocycles. The second-order valence-electron chi connectivity index (χ2n) is 5.66. The van der Waals surface area contributed by atoms with E-state index < -0.39 is 17.9 Å². The number of carbonyl (C=O) groups excluding carboxylic acids is 1. The molecule has 0 aliphatic rings. The van der Waals surface area contributed by atoms with Crippen LogP contribution in [0.25, 0.3) is 6.08 Å². The number of hydrogen-bond donors (Lipinski definition) is 2. The van der Waals surface area contributed by atoms with Gasteiger partial charge in [-0.2, -0.15) is 0 Å². The largest absolute Gasteiger partial charge is 0.493 e. The fraction of sp³-hybridized carbons (Fsp3) is 0.200. The standard InChI is InChI=1S/C20H20BrNO5/c1-26-17-12-14(10-15(21)19(17)27-2)8-9-18(23)22-16(20(24)25)11-13-6-4-3-5-7-13/h3-10,12,16H,11H2,1-2H3,(H,22,23)(H,24,25)/b9-8+. The van der Waals surface area contributed by atoms with E-state index in [0.29, 0.717) is 21.5 Å².